The van der Waals surface area contributed by atoms with E-state index in [0.29, 0.717) is 12.3 Å². The minimum atomic E-state index is -0.665. The van der Waals surface area contributed by atoms with Crippen molar-refractivity contribution in [2.24, 2.45) is 5.92 Å². The van der Waals surface area contributed by atoms with Crippen molar-refractivity contribution in [2.45, 2.75) is 45.6 Å². The molecule has 0 bridgehead atoms. The molecule has 0 aromatic carbocycles. The van der Waals surface area contributed by atoms with Crippen LogP contribution in [0.15, 0.2) is 0 Å². The van der Waals surface area contributed by atoms with Gasteiger partial charge in [-0.15, -0.1) is 0 Å². The Labute approximate surface area is 86.1 Å². The normalized spacial score (nSPS) is 22.1. The van der Waals surface area contributed by atoms with E-state index in [-0.39, 0.29) is 6.04 Å². The lowest BCUT2D eigenvalue weighted by Crippen LogP contribution is -2.39. The van der Waals surface area contributed by atoms with Crippen molar-refractivity contribution in [3.63, 3.8) is 0 Å². The Morgan fingerprint density at radius 3 is 2.43 bits per heavy atom. The van der Waals surface area contributed by atoms with Crippen molar-refractivity contribution in [2.75, 3.05) is 13.1 Å². The smallest absolute Gasteiger partial charge is 0.304 e. The molecule has 1 aliphatic heterocycles. The quantitative estimate of drug-likeness (QED) is 0.736. The molecule has 2 unspecified atom stereocenters. The van der Waals surface area contributed by atoms with Gasteiger partial charge in [-0.2, -0.15) is 0 Å². The van der Waals surface area contributed by atoms with E-state index in [2.05, 4.69) is 18.7 Å². The lowest BCUT2D eigenvalue weighted by atomic mass is 9.95. The van der Waals surface area contributed by atoms with Crippen LogP contribution >= 0.6 is 0 Å². The van der Waals surface area contributed by atoms with E-state index < -0.39 is 5.97 Å². The molecule has 0 saturated carbocycles. The molecule has 1 aliphatic rings. The van der Waals surface area contributed by atoms with Crippen LogP contribution in [0.2, 0.25) is 0 Å². The fraction of sp³-hybridized carbons (Fsp3) is 0.909. The van der Waals surface area contributed by atoms with Gasteiger partial charge in [-0.05, 0) is 31.8 Å². The van der Waals surface area contributed by atoms with Crippen molar-refractivity contribution in [1.29, 1.82) is 0 Å². The first-order valence-corrected chi connectivity index (χ1v) is 5.61. The second-order valence-electron chi connectivity index (χ2n) is 4.29. The first-order chi connectivity index (χ1) is 6.65. The number of rotatable bonds is 5. The van der Waals surface area contributed by atoms with Gasteiger partial charge in [-0.25, -0.2) is 0 Å². The van der Waals surface area contributed by atoms with Crippen molar-refractivity contribution in [3.8, 4) is 0 Å². The molecule has 1 N–H and O–H groups in total. The molecule has 3 nitrogen and oxygen atoms in total. The van der Waals surface area contributed by atoms with E-state index in [1.807, 2.05) is 0 Å². The van der Waals surface area contributed by atoms with Crippen LogP contribution in [0, 0.1) is 5.92 Å². The first-order valence-electron chi connectivity index (χ1n) is 5.61. The lowest BCUT2D eigenvalue weighted by Gasteiger charge is -2.30. The van der Waals surface area contributed by atoms with E-state index in [9.17, 15) is 4.79 Å². The Morgan fingerprint density at radius 2 is 2.00 bits per heavy atom. The number of carbonyl (C=O) groups is 1. The van der Waals surface area contributed by atoms with Crippen molar-refractivity contribution in [1.82, 2.24) is 4.90 Å². The minimum Gasteiger partial charge on any atom is -0.481 e. The highest BCUT2D eigenvalue weighted by Gasteiger charge is 2.27. The molecule has 1 rings (SSSR count). The summed E-state index contributed by atoms with van der Waals surface area (Å²) in [6.07, 6.45) is 3.82. The summed E-state index contributed by atoms with van der Waals surface area (Å²) in [6, 6.07) is 0.250. The summed E-state index contributed by atoms with van der Waals surface area (Å²) in [5.41, 5.74) is 0. The Balaban J connectivity index is 2.54. The van der Waals surface area contributed by atoms with E-state index >= 15 is 0 Å². The fourth-order valence-corrected chi connectivity index (χ4v) is 2.21. The van der Waals surface area contributed by atoms with Crippen LogP contribution in [0.25, 0.3) is 0 Å². The largest absolute Gasteiger partial charge is 0.481 e. The summed E-state index contributed by atoms with van der Waals surface area (Å²) in [6.45, 7) is 6.46. The third-order valence-corrected chi connectivity index (χ3v) is 3.29. The maximum atomic E-state index is 10.8. The minimum absolute atomic E-state index is 0.250. The summed E-state index contributed by atoms with van der Waals surface area (Å²) >= 11 is 0. The number of carboxylic acids is 1. The van der Waals surface area contributed by atoms with Crippen LogP contribution in [-0.4, -0.2) is 35.1 Å². The molecule has 1 fully saturated rings. The van der Waals surface area contributed by atoms with Gasteiger partial charge in [0.05, 0.1) is 6.42 Å². The maximum absolute atomic E-state index is 10.8. The van der Waals surface area contributed by atoms with Gasteiger partial charge in [-0.3, -0.25) is 9.69 Å². The SMILES string of the molecule is CCC(C)C(CC(=O)O)N1CCCC1. The van der Waals surface area contributed by atoms with Crippen LogP contribution in [0.1, 0.15) is 39.5 Å². The monoisotopic (exact) mass is 199 g/mol. The molecule has 0 aromatic heterocycles. The summed E-state index contributed by atoms with van der Waals surface area (Å²) in [7, 11) is 0. The zero-order chi connectivity index (χ0) is 10.6. The van der Waals surface area contributed by atoms with Gasteiger partial charge in [-0.1, -0.05) is 20.3 Å². The molecule has 0 radical (unpaired) electrons. The van der Waals surface area contributed by atoms with Gasteiger partial charge >= 0.3 is 5.97 Å². The highest BCUT2D eigenvalue weighted by molar-refractivity contribution is 5.67. The lowest BCUT2D eigenvalue weighted by molar-refractivity contribution is -0.138. The molecule has 1 heterocycles. The Hall–Kier alpha value is -0.570. The van der Waals surface area contributed by atoms with Crippen LogP contribution in [0.5, 0.6) is 0 Å². The summed E-state index contributed by atoms with van der Waals surface area (Å²) < 4.78 is 0. The molecule has 1 saturated heterocycles. The van der Waals surface area contributed by atoms with E-state index in [1.54, 1.807) is 0 Å². The van der Waals surface area contributed by atoms with Crippen LogP contribution < -0.4 is 0 Å². The van der Waals surface area contributed by atoms with Crippen LogP contribution in [0.4, 0.5) is 0 Å². The van der Waals surface area contributed by atoms with Crippen molar-refractivity contribution >= 4 is 5.97 Å². The Kier molecular flexibility index (Phi) is 4.39. The van der Waals surface area contributed by atoms with Gasteiger partial charge in [0.1, 0.15) is 0 Å². The standard InChI is InChI=1S/C11H21NO2/c1-3-9(2)10(8-11(13)14)12-6-4-5-7-12/h9-10H,3-8H2,1-2H3,(H,13,14). The van der Waals surface area contributed by atoms with Crippen LogP contribution in [0.3, 0.4) is 0 Å². The first kappa shape index (κ1) is 11.5. The average molecular weight is 199 g/mol. The number of hydrogen-bond donors (Lipinski definition) is 1. The Morgan fingerprint density at radius 1 is 1.43 bits per heavy atom. The summed E-state index contributed by atoms with van der Waals surface area (Å²) in [5, 5.41) is 8.86. The number of likely N-dealkylation sites (tertiary alicyclic amines) is 1. The molecular formula is C11H21NO2. The topological polar surface area (TPSA) is 40.5 Å². The Bertz CT molecular complexity index is 188. The highest BCUT2D eigenvalue weighted by Crippen LogP contribution is 2.22. The zero-order valence-electron chi connectivity index (χ0n) is 9.20. The molecular weight excluding hydrogens is 178 g/mol. The maximum Gasteiger partial charge on any atom is 0.304 e. The number of nitrogens with zero attached hydrogens (tertiary/aromatic N) is 1. The molecule has 0 aromatic rings. The third-order valence-electron chi connectivity index (χ3n) is 3.29. The second-order valence-corrected chi connectivity index (χ2v) is 4.29. The van der Waals surface area contributed by atoms with Crippen LogP contribution in [-0.2, 0) is 4.79 Å². The molecule has 3 heteroatoms. The van der Waals surface area contributed by atoms with E-state index in [4.69, 9.17) is 5.11 Å². The van der Waals surface area contributed by atoms with Crippen molar-refractivity contribution < 1.29 is 9.90 Å². The molecule has 0 spiro atoms. The highest BCUT2D eigenvalue weighted by atomic mass is 16.4. The molecule has 14 heavy (non-hydrogen) atoms. The van der Waals surface area contributed by atoms with Crippen molar-refractivity contribution in [3.05, 3.63) is 0 Å². The average Bonchev–Trinajstić information content (AvgIpc) is 2.65. The van der Waals surface area contributed by atoms with Gasteiger partial charge < -0.3 is 5.11 Å². The number of aliphatic carboxylic acids is 1. The van der Waals surface area contributed by atoms with Gasteiger partial charge in [0, 0.05) is 6.04 Å². The predicted octanol–water partition coefficient (Wildman–Crippen LogP) is 1.97. The van der Waals surface area contributed by atoms with Gasteiger partial charge in [0.2, 0.25) is 0 Å². The second kappa shape index (κ2) is 5.35. The fourth-order valence-electron chi connectivity index (χ4n) is 2.21. The number of hydrogen-bond acceptors (Lipinski definition) is 2. The summed E-state index contributed by atoms with van der Waals surface area (Å²) in [5.74, 6) is -0.175. The molecule has 0 aliphatic carbocycles. The zero-order valence-corrected chi connectivity index (χ0v) is 9.20. The molecule has 82 valence electrons. The number of carboxylic acid groups (broad SMARTS) is 1. The predicted molar refractivity (Wildman–Crippen MR) is 56.3 cm³/mol. The van der Waals surface area contributed by atoms with E-state index in [0.717, 1.165) is 19.5 Å². The third kappa shape index (κ3) is 2.98. The van der Waals surface area contributed by atoms with Gasteiger partial charge in [0.15, 0.2) is 0 Å². The molecule has 0 amide bonds. The van der Waals surface area contributed by atoms with E-state index in [1.165, 1.54) is 12.8 Å². The van der Waals surface area contributed by atoms with Gasteiger partial charge in [0.25, 0.3) is 0 Å². The molecule has 2 atom stereocenters. The summed E-state index contributed by atoms with van der Waals surface area (Å²) in [4.78, 5) is 13.1.